The molecule has 0 aliphatic rings. The van der Waals surface area contributed by atoms with Gasteiger partial charge in [0, 0.05) is 26.6 Å². The molecule has 2 atom stereocenters. The molecule has 2 unspecified atom stereocenters. The zero-order chi connectivity index (χ0) is 13.8. The van der Waals surface area contributed by atoms with Gasteiger partial charge in [0.05, 0.1) is 18.7 Å². The second-order valence-electron chi connectivity index (χ2n) is 4.63. The third-order valence-corrected chi connectivity index (χ3v) is 3.03. The second-order valence-corrected chi connectivity index (χ2v) is 4.63. The normalized spacial score (nSPS) is 14.3. The number of aromatic nitrogens is 5. The summed E-state index contributed by atoms with van der Waals surface area (Å²) in [6.45, 7) is 4.76. The van der Waals surface area contributed by atoms with Gasteiger partial charge in [-0.05, 0) is 13.8 Å². The van der Waals surface area contributed by atoms with E-state index in [1.807, 2.05) is 24.7 Å². The summed E-state index contributed by atoms with van der Waals surface area (Å²) in [6, 6.07) is 0.255. The first-order valence-electron chi connectivity index (χ1n) is 6.25. The molecule has 7 nitrogen and oxygen atoms in total. The Morgan fingerprint density at radius 1 is 1.42 bits per heavy atom. The number of methoxy groups -OCH3 is 1. The molecule has 0 amide bonds. The predicted octanol–water partition coefficient (Wildman–Crippen LogP) is 1.39. The molecular formula is C12H20N6O. The van der Waals surface area contributed by atoms with E-state index in [0.29, 0.717) is 6.61 Å². The van der Waals surface area contributed by atoms with Gasteiger partial charge >= 0.3 is 0 Å². The third kappa shape index (κ3) is 2.93. The topological polar surface area (TPSA) is 69.8 Å². The lowest BCUT2D eigenvalue weighted by molar-refractivity contribution is 0.163. The Bertz CT molecular complexity index is 520. The Morgan fingerprint density at radius 3 is 2.84 bits per heavy atom. The molecule has 0 aliphatic heterocycles. The van der Waals surface area contributed by atoms with E-state index in [2.05, 4.69) is 32.0 Å². The molecule has 19 heavy (non-hydrogen) atoms. The molecule has 1 N–H and O–H groups in total. The molecule has 0 fully saturated rings. The average Bonchev–Trinajstić information content (AvgIpc) is 2.98. The predicted molar refractivity (Wildman–Crippen MR) is 71.9 cm³/mol. The lowest BCUT2D eigenvalue weighted by atomic mass is 10.3. The van der Waals surface area contributed by atoms with Crippen LogP contribution in [0.1, 0.15) is 31.8 Å². The summed E-state index contributed by atoms with van der Waals surface area (Å²) < 4.78 is 9.12. The van der Waals surface area contributed by atoms with E-state index < -0.39 is 0 Å². The number of nitrogens with zero attached hydrogens (tertiary/aromatic N) is 5. The summed E-state index contributed by atoms with van der Waals surface area (Å²) in [4.78, 5) is 4.34. The molecular weight excluding hydrogens is 244 g/mol. The third-order valence-electron chi connectivity index (χ3n) is 3.03. The Balaban J connectivity index is 2.11. The van der Waals surface area contributed by atoms with Crippen molar-refractivity contribution in [1.29, 1.82) is 0 Å². The van der Waals surface area contributed by atoms with E-state index in [1.54, 1.807) is 19.6 Å². The number of nitrogens with one attached hydrogen (secondary N) is 1. The zero-order valence-corrected chi connectivity index (χ0v) is 11.7. The lowest BCUT2D eigenvalue weighted by Crippen LogP contribution is -2.18. The van der Waals surface area contributed by atoms with Gasteiger partial charge in [-0.1, -0.05) is 0 Å². The molecule has 2 heterocycles. The molecule has 0 bridgehead atoms. The van der Waals surface area contributed by atoms with E-state index >= 15 is 0 Å². The molecule has 0 radical (unpaired) electrons. The van der Waals surface area contributed by atoms with Crippen molar-refractivity contribution in [1.82, 2.24) is 24.3 Å². The SMILES string of the molecule is COCC(C)n1ccnc1NC(C)c1nncn1C. The van der Waals surface area contributed by atoms with Crippen molar-refractivity contribution in [2.45, 2.75) is 25.9 Å². The van der Waals surface area contributed by atoms with E-state index in [9.17, 15) is 0 Å². The minimum absolute atomic E-state index is 0.0309. The monoisotopic (exact) mass is 264 g/mol. The van der Waals surface area contributed by atoms with Crippen LogP contribution in [0, 0.1) is 0 Å². The number of rotatable bonds is 6. The molecule has 0 aliphatic carbocycles. The van der Waals surface area contributed by atoms with Crippen LogP contribution in [0.25, 0.3) is 0 Å². The smallest absolute Gasteiger partial charge is 0.203 e. The molecule has 7 heteroatoms. The van der Waals surface area contributed by atoms with Crippen LogP contribution in [-0.4, -0.2) is 38.0 Å². The van der Waals surface area contributed by atoms with E-state index in [1.165, 1.54) is 0 Å². The molecule has 104 valence electrons. The summed E-state index contributed by atoms with van der Waals surface area (Å²) in [5.41, 5.74) is 0. The summed E-state index contributed by atoms with van der Waals surface area (Å²) in [5, 5.41) is 11.3. The Morgan fingerprint density at radius 2 is 2.21 bits per heavy atom. The van der Waals surface area contributed by atoms with Crippen LogP contribution < -0.4 is 5.32 Å². The van der Waals surface area contributed by atoms with Crippen molar-refractivity contribution in [2.24, 2.45) is 7.05 Å². The van der Waals surface area contributed by atoms with Gasteiger partial charge in [0.15, 0.2) is 5.82 Å². The van der Waals surface area contributed by atoms with Crippen molar-refractivity contribution in [3.05, 3.63) is 24.5 Å². The maximum atomic E-state index is 5.18. The van der Waals surface area contributed by atoms with Crippen LogP contribution in [0.3, 0.4) is 0 Å². The van der Waals surface area contributed by atoms with Crippen molar-refractivity contribution in [3.8, 4) is 0 Å². The molecule has 0 saturated carbocycles. The van der Waals surface area contributed by atoms with Crippen LogP contribution >= 0.6 is 0 Å². The maximum Gasteiger partial charge on any atom is 0.203 e. The number of imidazole rings is 1. The first kappa shape index (κ1) is 13.5. The number of hydrogen-bond acceptors (Lipinski definition) is 5. The van der Waals surface area contributed by atoms with Gasteiger partial charge in [-0.2, -0.15) is 0 Å². The van der Waals surface area contributed by atoms with Gasteiger partial charge in [0.2, 0.25) is 5.95 Å². The number of hydrogen-bond donors (Lipinski definition) is 1. The zero-order valence-electron chi connectivity index (χ0n) is 11.7. The van der Waals surface area contributed by atoms with Crippen molar-refractivity contribution < 1.29 is 4.74 Å². The van der Waals surface area contributed by atoms with Crippen LogP contribution in [0.4, 0.5) is 5.95 Å². The van der Waals surface area contributed by atoms with Crippen molar-refractivity contribution in [2.75, 3.05) is 19.0 Å². The molecule has 2 aromatic rings. The highest BCUT2D eigenvalue weighted by atomic mass is 16.5. The standard InChI is InChI=1S/C12H20N6O/c1-9(7-19-4)18-6-5-13-12(18)15-10(2)11-16-14-8-17(11)3/h5-6,8-10H,7H2,1-4H3,(H,13,15). The van der Waals surface area contributed by atoms with E-state index in [0.717, 1.165) is 11.8 Å². The minimum atomic E-state index is 0.0309. The van der Waals surface area contributed by atoms with Crippen LogP contribution in [0.2, 0.25) is 0 Å². The van der Waals surface area contributed by atoms with E-state index in [-0.39, 0.29) is 12.1 Å². The number of anilines is 1. The van der Waals surface area contributed by atoms with Gasteiger partial charge in [-0.15, -0.1) is 10.2 Å². The molecule has 0 spiro atoms. The molecule has 0 aromatic carbocycles. The van der Waals surface area contributed by atoms with Crippen molar-refractivity contribution in [3.63, 3.8) is 0 Å². The Labute approximate surface area is 112 Å². The first-order chi connectivity index (χ1) is 9.13. The number of ether oxygens (including phenoxy) is 1. The largest absolute Gasteiger partial charge is 0.383 e. The fourth-order valence-electron chi connectivity index (χ4n) is 2.04. The van der Waals surface area contributed by atoms with E-state index in [4.69, 9.17) is 4.74 Å². The van der Waals surface area contributed by atoms with Crippen LogP contribution in [0.5, 0.6) is 0 Å². The minimum Gasteiger partial charge on any atom is -0.383 e. The first-order valence-corrected chi connectivity index (χ1v) is 6.25. The second kappa shape index (κ2) is 5.83. The summed E-state index contributed by atoms with van der Waals surface area (Å²) in [6.07, 6.45) is 5.40. The average molecular weight is 264 g/mol. The molecule has 2 rings (SSSR count). The summed E-state index contributed by atoms with van der Waals surface area (Å²) >= 11 is 0. The van der Waals surface area contributed by atoms with Gasteiger partial charge in [0.25, 0.3) is 0 Å². The highest BCUT2D eigenvalue weighted by Gasteiger charge is 2.15. The van der Waals surface area contributed by atoms with Gasteiger partial charge in [0.1, 0.15) is 6.33 Å². The molecule has 0 saturated heterocycles. The van der Waals surface area contributed by atoms with Crippen LogP contribution in [-0.2, 0) is 11.8 Å². The van der Waals surface area contributed by atoms with Gasteiger partial charge < -0.3 is 19.2 Å². The fraction of sp³-hybridized carbons (Fsp3) is 0.583. The molecule has 2 aromatic heterocycles. The Hall–Kier alpha value is -1.89. The van der Waals surface area contributed by atoms with Gasteiger partial charge in [-0.3, -0.25) is 0 Å². The fourth-order valence-corrected chi connectivity index (χ4v) is 2.04. The lowest BCUT2D eigenvalue weighted by Gasteiger charge is -2.19. The van der Waals surface area contributed by atoms with Crippen LogP contribution in [0.15, 0.2) is 18.7 Å². The number of aryl methyl sites for hydroxylation is 1. The van der Waals surface area contributed by atoms with Gasteiger partial charge in [-0.25, -0.2) is 4.98 Å². The Kier molecular flexibility index (Phi) is 4.16. The highest BCUT2D eigenvalue weighted by molar-refractivity contribution is 5.29. The van der Waals surface area contributed by atoms with Crippen molar-refractivity contribution >= 4 is 5.95 Å². The summed E-state index contributed by atoms with van der Waals surface area (Å²) in [5.74, 6) is 1.67. The quantitative estimate of drug-likeness (QED) is 0.854. The highest BCUT2D eigenvalue weighted by Crippen LogP contribution is 2.19. The maximum absolute atomic E-state index is 5.18. The summed E-state index contributed by atoms with van der Waals surface area (Å²) in [7, 11) is 3.62.